The zero-order valence-corrected chi connectivity index (χ0v) is 7.81. The fourth-order valence-electron chi connectivity index (χ4n) is 1.19. The minimum atomic E-state index is -0.630. The van der Waals surface area contributed by atoms with Crippen molar-refractivity contribution >= 4 is 6.29 Å². The second-order valence-electron chi connectivity index (χ2n) is 3.45. The van der Waals surface area contributed by atoms with Gasteiger partial charge in [0.2, 0.25) is 0 Å². The molecule has 14 heavy (non-hydrogen) atoms. The number of ether oxygens (including phenoxy) is 2. The van der Waals surface area contributed by atoms with Crippen LogP contribution in [0.25, 0.3) is 0 Å². The third-order valence-corrected chi connectivity index (χ3v) is 2.19. The molecule has 0 aromatic heterocycles. The third kappa shape index (κ3) is 2.19. The Morgan fingerprint density at radius 2 is 2.14 bits per heavy atom. The lowest BCUT2D eigenvalue weighted by Gasteiger charge is -2.05. The molecule has 0 bridgehead atoms. The summed E-state index contributed by atoms with van der Waals surface area (Å²) in [6.07, 6.45) is 0.817. The average Bonchev–Trinajstić information content (AvgIpc) is 3.00. The van der Waals surface area contributed by atoms with Gasteiger partial charge < -0.3 is 9.47 Å². The van der Waals surface area contributed by atoms with Crippen molar-refractivity contribution in [3.05, 3.63) is 35.9 Å². The number of carbonyl (C=O) groups excluding carboxylic acids is 1. The summed E-state index contributed by atoms with van der Waals surface area (Å²) in [6, 6.07) is 9.85. The largest absolute Gasteiger partial charge is 0.373 e. The highest BCUT2D eigenvalue weighted by Gasteiger charge is 2.45. The Bertz CT molecular complexity index is 304. The fraction of sp³-hybridized carbons (Fsp3) is 0.364. The molecule has 1 aromatic rings. The Balaban J connectivity index is 1.76. The topological polar surface area (TPSA) is 38.8 Å². The van der Waals surface area contributed by atoms with Gasteiger partial charge in [-0.25, -0.2) is 0 Å². The predicted molar refractivity (Wildman–Crippen MR) is 50.8 cm³/mol. The lowest BCUT2D eigenvalue weighted by molar-refractivity contribution is -0.114. The van der Waals surface area contributed by atoms with Gasteiger partial charge in [0.25, 0.3) is 0 Å². The highest BCUT2D eigenvalue weighted by atomic mass is 16.6. The van der Waals surface area contributed by atoms with Crippen molar-refractivity contribution < 1.29 is 14.3 Å². The van der Waals surface area contributed by atoms with E-state index < -0.39 is 5.60 Å². The molecule has 1 aliphatic rings. The second kappa shape index (κ2) is 3.90. The quantitative estimate of drug-likeness (QED) is 0.519. The van der Waals surface area contributed by atoms with Gasteiger partial charge in [0.15, 0.2) is 11.9 Å². The number of hydrogen-bond acceptors (Lipinski definition) is 3. The summed E-state index contributed by atoms with van der Waals surface area (Å²) in [7, 11) is 0. The molecule has 0 saturated carbocycles. The van der Waals surface area contributed by atoms with Crippen LogP contribution in [0.15, 0.2) is 30.3 Å². The van der Waals surface area contributed by atoms with Crippen molar-refractivity contribution in [2.24, 2.45) is 0 Å². The molecule has 2 rings (SSSR count). The van der Waals surface area contributed by atoms with Crippen molar-refractivity contribution in [1.82, 2.24) is 0 Å². The van der Waals surface area contributed by atoms with Gasteiger partial charge in [-0.1, -0.05) is 30.3 Å². The number of epoxide rings is 1. The van der Waals surface area contributed by atoms with Crippen molar-refractivity contribution in [2.75, 3.05) is 13.2 Å². The molecular weight excluding hydrogens is 180 g/mol. The molecule has 0 amide bonds. The van der Waals surface area contributed by atoms with Gasteiger partial charge in [-0.3, -0.25) is 4.79 Å². The first-order valence-corrected chi connectivity index (χ1v) is 4.57. The minimum Gasteiger partial charge on any atom is -0.373 e. The normalized spacial score (nSPS) is 24.6. The van der Waals surface area contributed by atoms with Crippen molar-refractivity contribution in [1.29, 1.82) is 0 Å². The molecule has 1 saturated heterocycles. The van der Waals surface area contributed by atoms with E-state index >= 15 is 0 Å². The van der Waals surface area contributed by atoms with E-state index in [1.54, 1.807) is 0 Å². The fourth-order valence-corrected chi connectivity index (χ4v) is 1.19. The maximum absolute atomic E-state index is 10.5. The first kappa shape index (κ1) is 9.37. The first-order valence-electron chi connectivity index (χ1n) is 4.57. The Morgan fingerprint density at radius 3 is 2.71 bits per heavy atom. The van der Waals surface area contributed by atoms with Crippen LogP contribution in [0.3, 0.4) is 0 Å². The summed E-state index contributed by atoms with van der Waals surface area (Å²) in [5.41, 5.74) is 0.476. The van der Waals surface area contributed by atoms with Crippen LogP contribution in [-0.4, -0.2) is 25.1 Å². The number of hydrogen-bond donors (Lipinski definition) is 0. The molecule has 3 heteroatoms. The maximum Gasteiger partial charge on any atom is 0.169 e. The zero-order valence-electron chi connectivity index (χ0n) is 7.81. The van der Waals surface area contributed by atoms with Crippen LogP contribution in [0.5, 0.6) is 0 Å². The molecule has 0 radical (unpaired) electrons. The average molecular weight is 192 g/mol. The second-order valence-corrected chi connectivity index (χ2v) is 3.45. The van der Waals surface area contributed by atoms with E-state index in [0.29, 0.717) is 19.8 Å². The lowest BCUT2D eigenvalue weighted by atomic mass is 10.2. The molecule has 0 aliphatic carbocycles. The van der Waals surface area contributed by atoms with Crippen LogP contribution >= 0.6 is 0 Å². The van der Waals surface area contributed by atoms with Crippen LogP contribution in [0.4, 0.5) is 0 Å². The molecule has 1 atom stereocenters. The molecule has 74 valence electrons. The summed E-state index contributed by atoms with van der Waals surface area (Å²) in [6.45, 7) is 1.37. The van der Waals surface area contributed by atoms with E-state index in [1.807, 2.05) is 30.3 Å². The molecule has 0 N–H and O–H groups in total. The van der Waals surface area contributed by atoms with Gasteiger partial charge in [0.1, 0.15) is 0 Å². The van der Waals surface area contributed by atoms with Crippen LogP contribution in [0.2, 0.25) is 0 Å². The predicted octanol–water partition coefficient (Wildman–Crippen LogP) is 1.17. The molecule has 1 unspecified atom stereocenters. The van der Waals surface area contributed by atoms with Crippen molar-refractivity contribution in [3.8, 4) is 0 Å². The molecule has 1 aromatic carbocycles. The van der Waals surface area contributed by atoms with Gasteiger partial charge >= 0.3 is 0 Å². The van der Waals surface area contributed by atoms with Crippen LogP contribution < -0.4 is 0 Å². The van der Waals surface area contributed by atoms with Gasteiger partial charge in [-0.15, -0.1) is 0 Å². The zero-order chi connectivity index (χ0) is 9.86. The van der Waals surface area contributed by atoms with E-state index in [-0.39, 0.29) is 0 Å². The number of benzene rings is 1. The summed E-state index contributed by atoms with van der Waals surface area (Å²) in [5.74, 6) is 0. The molecular formula is C11H12O3. The van der Waals surface area contributed by atoms with E-state index in [0.717, 1.165) is 11.8 Å². The molecule has 3 nitrogen and oxygen atoms in total. The Kier molecular flexibility index (Phi) is 2.61. The monoisotopic (exact) mass is 192 g/mol. The SMILES string of the molecule is O=CC1(COCc2ccccc2)CO1. The summed E-state index contributed by atoms with van der Waals surface area (Å²) in [5, 5.41) is 0. The molecule has 1 aliphatic heterocycles. The van der Waals surface area contributed by atoms with Crippen LogP contribution in [0.1, 0.15) is 5.56 Å². The summed E-state index contributed by atoms with van der Waals surface area (Å²) >= 11 is 0. The van der Waals surface area contributed by atoms with Crippen molar-refractivity contribution in [2.45, 2.75) is 12.2 Å². The molecule has 1 fully saturated rings. The molecule has 1 heterocycles. The highest BCUT2D eigenvalue weighted by molar-refractivity contribution is 5.66. The van der Waals surface area contributed by atoms with E-state index in [9.17, 15) is 4.79 Å². The Morgan fingerprint density at radius 1 is 1.43 bits per heavy atom. The standard InChI is InChI=1S/C11H12O3/c12-7-11(9-14-11)8-13-6-10-4-2-1-3-5-10/h1-5,7H,6,8-9H2. The Labute approximate surface area is 82.6 Å². The Hall–Kier alpha value is -1.19. The lowest BCUT2D eigenvalue weighted by Crippen LogP contribution is -2.20. The summed E-state index contributed by atoms with van der Waals surface area (Å²) in [4.78, 5) is 10.5. The van der Waals surface area contributed by atoms with Gasteiger partial charge in [-0.2, -0.15) is 0 Å². The molecule has 0 spiro atoms. The van der Waals surface area contributed by atoms with E-state index in [1.165, 1.54) is 0 Å². The first-order chi connectivity index (χ1) is 6.85. The van der Waals surface area contributed by atoms with E-state index in [4.69, 9.17) is 9.47 Å². The van der Waals surface area contributed by atoms with Crippen LogP contribution in [-0.2, 0) is 20.9 Å². The van der Waals surface area contributed by atoms with Gasteiger partial charge in [0, 0.05) is 0 Å². The number of aldehydes is 1. The maximum atomic E-state index is 10.5. The van der Waals surface area contributed by atoms with Crippen LogP contribution in [0, 0.1) is 0 Å². The number of rotatable bonds is 5. The summed E-state index contributed by atoms with van der Waals surface area (Å²) < 4.78 is 10.4. The smallest absolute Gasteiger partial charge is 0.169 e. The van der Waals surface area contributed by atoms with Crippen molar-refractivity contribution in [3.63, 3.8) is 0 Å². The number of carbonyl (C=O) groups is 1. The van der Waals surface area contributed by atoms with E-state index in [2.05, 4.69) is 0 Å². The van der Waals surface area contributed by atoms with Gasteiger partial charge in [-0.05, 0) is 5.56 Å². The minimum absolute atomic E-state index is 0.353. The van der Waals surface area contributed by atoms with Gasteiger partial charge in [0.05, 0.1) is 19.8 Å². The third-order valence-electron chi connectivity index (χ3n) is 2.19. The highest BCUT2D eigenvalue weighted by Crippen LogP contribution is 2.24.